The summed E-state index contributed by atoms with van der Waals surface area (Å²) >= 11 is 0. The number of pyridine rings is 3. The SMILES string of the molecule is O=C(O)c1ccc2ccccc2n1.[CH3+].[CH3+].[Ir].[c-]1ccccc1-c1ccc2ccccc2n1.[c-]1ccccc1-c1ccc2ccccc2n1. The van der Waals surface area contributed by atoms with Gasteiger partial charge in [-0.3, -0.25) is 9.97 Å². The van der Waals surface area contributed by atoms with Crippen molar-refractivity contribution in [2.24, 2.45) is 0 Å². The molecule has 1 radical (unpaired) electrons. The summed E-state index contributed by atoms with van der Waals surface area (Å²) in [6.45, 7) is 0. The summed E-state index contributed by atoms with van der Waals surface area (Å²) in [6.07, 6.45) is 0. The Morgan fingerprint density at radius 2 is 0.833 bits per heavy atom. The van der Waals surface area contributed by atoms with Gasteiger partial charge in [-0.25, -0.2) is 9.78 Å². The second kappa shape index (κ2) is 17.8. The van der Waals surface area contributed by atoms with Crippen LogP contribution in [0, 0.1) is 27.0 Å². The number of aromatic nitrogens is 3. The summed E-state index contributed by atoms with van der Waals surface area (Å²) < 4.78 is 0. The normalized spacial score (nSPS) is 9.75. The first-order chi connectivity index (χ1) is 22.1. The van der Waals surface area contributed by atoms with Crippen LogP contribution in [0.1, 0.15) is 10.5 Å². The van der Waals surface area contributed by atoms with Crippen molar-refractivity contribution in [3.05, 3.63) is 190 Å². The van der Waals surface area contributed by atoms with Gasteiger partial charge in [-0.1, -0.05) is 84.9 Å². The Kier molecular flexibility index (Phi) is 13.6. The zero-order chi connectivity index (χ0) is 30.8. The molecule has 0 atom stereocenters. The maximum Gasteiger partial charge on any atom is 0.354 e. The average molecular weight is 804 g/mol. The van der Waals surface area contributed by atoms with Crippen molar-refractivity contribution >= 4 is 38.7 Å². The quantitative estimate of drug-likeness (QED) is 0.180. The molecule has 0 spiro atoms. The van der Waals surface area contributed by atoms with Crippen molar-refractivity contribution in [2.75, 3.05) is 0 Å². The molecule has 6 heteroatoms. The van der Waals surface area contributed by atoms with Crippen LogP contribution in [0.5, 0.6) is 0 Å². The Labute approximate surface area is 295 Å². The Morgan fingerprint density at radius 1 is 0.458 bits per heavy atom. The van der Waals surface area contributed by atoms with Crippen molar-refractivity contribution in [1.29, 1.82) is 0 Å². The monoisotopic (exact) mass is 804 g/mol. The minimum absolute atomic E-state index is 0. The van der Waals surface area contributed by atoms with Gasteiger partial charge in [-0.05, 0) is 46.4 Å². The van der Waals surface area contributed by atoms with E-state index in [1.54, 1.807) is 12.1 Å². The topological polar surface area (TPSA) is 76.0 Å². The van der Waals surface area contributed by atoms with Crippen LogP contribution < -0.4 is 0 Å². The molecule has 0 aliphatic rings. The molecule has 0 fully saturated rings. The van der Waals surface area contributed by atoms with Gasteiger partial charge in [0.25, 0.3) is 0 Å². The molecule has 5 nitrogen and oxygen atoms in total. The van der Waals surface area contributed by atoms with E-state index in [2.05, 4.69) is 51.4 Å². The van der Waals surface area contributed by atoms with Gasteiger partial charge >= 0.3 is 5.97 Å². The van der Waals surface area contributed by atoms with E-state index < -0.39 is 5.97 Å². The summed E-state index contributed by atoms with van der Waals surface area (Å²) in [4.78, 5) is 23.8. The predicted octanol–water partition coefficient (Wildman–Crippen LogP) is 10.2. The van der Waals surface area contributed by atoms with Crippen LogP contribution >= 0.6 is 0 Å². The summed E-state index contributed by atoms with van der Waals surface area (Å²) in [7, 11) is 0. The number of carboxylic acid groups (broad SMARTS) is 1. The van der Waals surface area contributed by atoms with E-state index in [-0.39, 0.29) is 40.7 Å². The third kappa shape index (κ3) is 9.14. The smallest absolute Gasteiger partial charge is 0.354 e. The molecule has 0 saturated carbocycles. The number of fused-ring (bicyclic) bond motifs is 3. The Hall–Kier alpha value is -5.81. The molecule has 8 rings (SSSR count). The van der Waals surface area contributed by atoms with Crippen LogP contribution in [0.3, 0.4) is 0 Å². The van der Waals surface area contributed by atoms with E-state index in [0.29, 0.717) is 5.52 Å². The molecule has 0 bridgehead atoms. The fourth-order valence-corrected chi connectivity index (χ4v) is 4.72. The van der Waals surface area contributed by atoms with Crippen molar-refractivity contribution < 1.29 is 30.0 Å². The molecule has 48 heavy (non-hydrogen) atoms. The molecular formula is C42H33IrN3O2. The summed E-state index contributed by atoms with van der Waals surface area (Å²) in [5.74, 6) is -0.995. The van der Waals surface area contributed by atoms with Gasteiger partial charge in [-0.15, -0.1) is 71.8 Å². The first-order valence-corrected chi connectivity index (χ1v) is 14.4. The van der Waals surface area contributed by atoms with Gasteiger partial charge < -0.3 is 5.11 Å². The number of aromatic carboxylic acids is 1. The van der Waals surface area contributed by atoms with Gasteiger partial charge in [0.05, 0.1) is 16.6 Å². The van der Waals surface area contributed by atoms with Crippen LogP contribution in [0.4, 0.5) is 0 Å². The average Bonchev–Trinajstić information content (AvgIpc) is 3.12. The molecule has 0 amide bonds. The first-order valence-electron chi connectivity index (χ1n) is 14.4. The van der Waals surface area contributed by atoms with E-state index in [1.807, 2.05) is 115 Å². The van der Waals surface area contributed by atoms with Gasteiger partial charge in [0.15, 0.2) is 0 Å². The largest absolute Gasteiger partial charge is 0.477 e. The maximum absolute atomic E-state index is 10.6. The minimum Gasteiger partial charge on any atom is -0.477 e. The maximum atomic E-state index is 10.6. The molecule has 0 aliphatic heterocycles. The second-order valence-electron chi connectivity index (χ2n) is 10.0. The standard InChI is InChI=1S/2C15H10N.C10H7NO2.2CH3.Ir/c2*1-2-6-12(7-3-1)15-11-10-13-8-4-5-9-14(13)16-15;12-10(13)9-6-5-7-3-1-2-4-8(7)11-9;;;/h2*1-6,8-11H;1-6H,(H,12,13);2*1H3;/q2*-1;;2*+1;. The predicted molar refractivity (Wildman–Crippen MR) is 194 cm³/mol. The number of carbonyl (C=O) groups is 1. The minimum atomic E-state index is -0.995. The Balaban J connectivity index is 0.000000191. The number of hydrogen-bond acceptors (Lipinski definition) is 4. The molecule has 237 valence electrons. The van der Waals surface area contributed by atoms with Crippen molar-refractivity contribution in [2.45, 2.75) is 0 Å². The van der Waals surface area contributed by atoms with Gasteiger partial charge in [0.2, 0.25) is 0 Å². The van der Waals surface area contributed by atoms with E-state index in [9.17, 15) is 4.79 Å². The van der Waals surface area contributed by atoms with Crippen LogP contribution in [0.25, 0.3) is 55.2 Å². The summed E-state index contributed by atoms with van der Waals surface area (Å²) in [5, 5.41) is 12.0. The van der Waals surface area contributed by atoms with Gasteiger partial charge in [-0.2, -0.15) is 0 Å². The molecule has 0 aliphatic carbocycles. The Morgan fingerprint density at radius 3 is 1.23 bits per heavy atom. The van der Waals surface area contributed by atoms with Crippen LogP contribution in [-0.2, 0) is 20.1 Å². The van der Waals surface area contributed by atoms with Crippen molar-refractivity contribution in [1.82, 2.24) is 15.0 Å². The van der Waals surface area contributed by atoms with Gasteiger partial charge in [0.1, 0.15) is 5.69 Å². The third-order valence-electron chi connectivity index (χ3n) is 6.98. The van der Waals surface area contributed by atoms with Crippen LogP contribution in [-0.4, -0.2) is 26.0 Å². The fraction of sp³-hybridized carbons (Fsp3) is 0. The molecule has 3 heterocycles. The third-order valence-corrected chi connectivity index (χ3v) is 6.98. The van der Waals surface area contributed by atoms with Crippen molar-refractivity contribution in [3.8, 4) is 22.5 Å². The Bertz CT molecular complexity index is 2090. The zero-order valence-electron chi connectivity index (χ0n) is 26.5. The summed E-state index contributed by atoms with van der Waals surface area (Å²) in [5.41, 5.74) is 6.86. The molecule has 8 aromatic rings. The fourth-order valence-electron chi connectivity index (χ4n) is 4.72. The molecule has 5 aromatic carbocycles. The van der Waals surface area contributed by atoms with E-state index in [1.165, 1.54) is 16.8 Å². The number of nitrogens with zero attached hydrogens (tertiary/aromatic N) is 3. The van der Waals surface area contributed by atoms with E-state index >= 15 is 0 Å². The number of carboxylic acids is 1. The second-order valence-corrected chi connectivity index (χ2v) is 10.0. The van der Waals surface area contributed by atoms with Crippen LogP contribution in [0.2, 0.25) is 0 Å². The number of rotatable bonds is 3. The van der Waals surface area contributed by atoms with Gasteiger partial charge in [0, 0.05) is 40.3 Å². The molecule has 0 unspecified atom stereocenters. The molecule has 1 N–H and O–H groups in total. The summed E-state index contributed by atoms with van der Waals surface area (Å²) in [6, 6.07) is 57.4. The van der Waals surface area contributed by atoms with Crippen molar-refractivity contribution in [3.63, 3.8) is 0 Å². The van der Waals surface area contributed by atoms with E-state index in [0.717, 1.165) is 38.9 Å². The first kappa shape index (κ1) is 36.7. The molecular weight excluding hydrogens is 771 g/mol. The zero-order valence-corrected chi connectivity index (χ0v) is 28.9. The number of para-hydroxylation sites is 3. The van der Waals surface area contributed by atoms with E-state index in [4.69, 9.17) is 5.11 Å². The number of benzene rings is 5. The molecule has 3 aromatic heterocycles. The van der Waals surface area contributed by atoms with Crippen LogP contribution in [0.15, 0.2) is 158 Å². The molecule has 0 saturated heterocycles. The number of hydrogen-bond donors (Lipinski definition) is 1.